The monoisotopic (exact) mass is 310 g/mol. The summed E-state index contributed by atoms with van der Waals surface area (Å²) in [5, 5.41) is 6.39. The maximum Gasteiger partial charge on any atom is 0.220 e. The highest BCUT2D eigenvalue weighted by Gasteiger charge is 2.14. The summed E-state index contributed by atoms with van der Waals surface area (Å²) in [7, 11) is 0. The highest BCUT2D eigenvalue weighted by atomic mass is 35.5. The van der Waals surface area contributed by atoms with E-state index in [4.69, 9.17) is 0 Å². The van der Waals surface area contributed by atoms with Crippen molar-refractivity contribution in [3.63, 3.8) is 0 Å². The first-order chi connectivity index (χ1) is 9.74. The molecule has 1 aliphatic rings. The van der Waals surface area contributed by atoms with E-state index in [0.29, 0.717) is 6.42 Å². The lowest BCUT2D eigenvalue weighted by molar-refractivity contribution is -0.121. The third kappa shape index (κ3) is 6.96. The second-order valence-corrected chi connectivity index (χ2v) is 5.82. The number of rotatable bonds is 6. The number of piperidine rings is 1. The van der Waals surface area contributed by atoms with Crippen molar-refractivity contribution < 1.29 is 4.79 Å². The SMILES string of the molecule is Cc1ccc(CCNC(=O)CCC2CCNCC2)cc1.Cl. The third-order valence-corrected chi connectivity index (χ3v) is 4.09. The summed E-state index contributed by atoms with van der Waals surface area (Å²) in [4.78, 5) is 11.8. The lowest BCUT2D eigenvalue weighted by Crippen LogP contribution is -2.30. The number of aryl methyl sites for hydroxylation is 1. The standard InChI is InChI=1S/C17H26N2O.ClH/c1-14-2-4-15(5-3-14)10-13-19-17(20)7-6-16-8-11-18-12-9-16;/h2-5,16,18H,6-13H2,1H3,(H,19,20);1H. The van der Waals surface area contributed by atoms with Crippen LogP contribution in [0.5, 0.6) is 0 Å². The van der Waals surface area contributed by atoms with Gasteiger partial charge < -0.3 is 10.6 Å². The second kappa shape index (κ2) is 9.80. The Balaban J connectivity index is 0.00000220. The van der Waals surface area contributed by atoms with Gasteiger partial charge in [0.05, 0.1) is 0 Å². The number of hydrogen-bond acceptors (Lipinski definition) is 2. The molecule has 1 heterocycles. The van der Waals surface area contributed by atoms with E-state index in [0.717, 1.165) is 38.4 Å². The van der Waals surface area contributed by atoms with Gasteiger partial charge in [-0.1, -0.05) is 29.8 Å². The van der Waals surface area contributed by atoms with Crippen molar-refractivity contribution in [1.29, 1.82) is 0 Å². The van der Waals surface area contributed by atoms with Crippen LogP contribution in [0.15, 0.2) is 24.3 Å². The van der Waals surface area contributed by atoms with Gasteiger partial charge in [0.2, 0.25) is 5.91 Å². The predicted octanol–water partition coefficient (Wildman–Crippen LogP) is 2.86. The van der Waals surface area contributed by atoms with Crippen molar-refractivity contribution in [2.75, 3.05) is 19.6 Å². The van der Waals surface area contributed by atoms with Crippen LogP contribution >= 0.6 is 12.4 Å². The molecule has 3 nitrogen and oxygen atoms in total. The lowest BCUT2D eigenvalue weighted by atomic mass is 9.93. The maximum atomic E-state index is 11.8. The molecule has 0 aromatic heterocycles. The van der Waals surface area contributed by atoms with Gasteiger partial charge in [0.1, 0.15) is 0 Å². The average Bonchev–Trinajstić information content (AvgIpc) is 2.48. The van der Waals surface area contributed by atoms with Crippen molar-refractivity contribution in [1.82, 2.24) is 10.6 Å². The molecule has 118 valence electrons. The van der Waals surface area contributed by atoms with E-state index in [-0.39, 0.29) is 18.3 Å². The predicted molar refractivity (Wildman–Crippen MR) is 90.0 cm³/mol. The van der Waals surface area contributed by atoms with Crippen LogP contribution in [0.2, 0.25) is 0 Å². The Kier molecular flexibility index (Phi) is 8.40. The zero-order chi connectivity index (χ0) is 14.2. The first kappa shape index (κ1) is 18.0. The van der Waals surface area contributed by atoms with Gasteiger partial charge in [-0.2, -0.15) is 0 Å². The summed E-state index contributed by atoms with van der Waals surface area (Å²) in [6.07, 6.45) is 5.07. The summed E-state index contributed by atoms with van der Waals surface area (Å²) >= 11 is 0. The Morgan fingerprint density at radius 2 is 1.90 bits per heavy atom. The molecule has 0 atom stereocenters. The van der Waals surface area contributed by atoms with E-state index in [1.165, 1.54) is 24.0 Å². The van der Waals surface area contributed by atoms with E-state index in [1.54, 1.807) is 0 Å². The molecule has 1 aliphatic heterocycles. The zero-order valence-corrected chi connectivity index (χ0v) is 13.7. The van der Waals surface area contributed by atoms with Gasteiger partial charge in [-0.05, 0) is 57.2 Å². The largest absolute Gasteiger partial charge is 0.356 e. The molecule has 1 aromatic carbocycles. The van der Waals surface area contributed by atoms with Gasteiger partial charge in [0, 0.05) is 13.0 Å². The normalized spacial score (nSPS) is 15.3. The van der Waals surface area contributed by atoms with Crippen LogP contribution in [-0.2, 0) is 11.2 Å². The molecule has 0 radical (unpaired) electrons. The average molecular weight is 311 g/mol. The summed E-state index contributed by atoms with van der Waals surface area (Å²) in [6, 6.07) is 8.51. The molecule has 0 unspecified atom stereocenters. The summed E-state index contributed by atoms with van der Waals surface area (Å²) < 4.78 is 0. The van der Waals surface area contributed by atoms with Crippen LogP contribution in [0.3, 0.4) is 0 Å². The summed E-state index contributed by atoms with van der Waals surface area (Å²) in [6.45, 7) is 5.06. The van der Waals surface area contributed by atoms with Crippen LogP contribution in [0.4, 0.5) is 0 Å². The number of amides is 1. The minimum atomic E-state index is 0. The second-order valence-electron chi connectivity index (χ2n) is 5.82. The number of carbonyl (C=O) groups is 1. The molecule has 0 spiro atoms. The minimum absolute atomic E-state index is 0. The summed E-state index contributed by atoms with van der Waals surface area (Å²) in [5.41, 5.74) is 2.56. The first-order valence-corrected chi connectivity index (χ1v) is 7.77. The third-order valence-electron chi connectivity index (χ3n) is 4.09. The van der Waals surface area contributed by atoms with Crippen LogP contribution in [0.1, 0.15) is 36.8 Å². The number of carbonyl (C=O) groups excluding carboxylic acids is 1. The lowest BCUT2D eigenvalue weighted by Gasteiger charge is -2.22. The van der Waals surface area contributed by atoms with Crippen LogP contribution in [0.25, 0.3) is 0 Å². The fraction of sp³-hybridized carbons (Fsp3) is 0.588. The molecule has 0 aliphatic carbocycles. The van der Waals surface area contributed by atoms with Crippen molar-refractivity contribution in [2.45, 2.75) is 39.0 Å². The Morgan fingerprint density at radius 3 is 2.57 bits per heavy atom. The van der Waals surface area contributed by atoms with Gasteiger partial charge in [-0.25, -0.2) is 0 Å². The zero-order valence-electron chi connectivity index (χ0n) is 12.9. The molecular formula is C17H27ClN2O. The van der Waals surface area contributed by atoms with Crippen LogP contribution in [0, 0.1) is 12.8 Å². The molecule has 0 saturated carbocycles. The Bertz CT molecular complexity index is 413. The smallest absolute Gasteiger partial charge is 0.220 e. The molecule has 0 bridgehead atoms. The molecule has 1 amide bonds. The van der Waals surface area contributed by atoms with Crippen LogP contribution < -0.4 is 10.6 Å². The molecule has 2 rings (SSSR count). The Morgan fingerprint density at radius 1 is 1.24 bits per heavy atom. The van der Waals surface area contributed by atoms with Crippen molar-refractivity contribution in [3.05, 3.63) is 35.4 Å². The van der Waals surface area contributed by atoms with Crippen LogP contribution in [-0.4, -0.2) is 25.5 Å². The van der Waals surface area contributed by atoms with Gasteiger partial charge in [-0.3, -0.25) is 4.79 Å². The van der Waals surface area contributed by atoms with Gasteiger partial charge in [0.25, 0.3) is 0 Å². The molecule has 1 saturated heterocycles. The molecule has 2 N–H and O–H groups in total. The molecule has 1 fully saturated rings. The number of hydrogen-bond donors (Lipinski definition) is 2. The highest BCUT2D eigenvalue weighted by Crippen LogP contribution is 2.17. The Labute approximate surface area is 134 Å². The summed E-state index contributed by atoms with van der Waals surface area (Å²) in [5.74, 6) is 0.940. The van der Waals surface area contributed by atoms with Crippen molar-refractivity contribution in [3.8, 4) is 0 Å². The van der Waals surface area contributed by atoms with Crippen molar-refractivity contribution in [2.24, 2.45) is 5.92 Å². The van der Waals surface area contributed by atoms with Gasteiger partial charge in [0.15, 0.2) is 0 Å². The van der Waals surface area contributed by atoms with E-state index in [2.05, 4.69) is 41.8 Å². The first-order valence-electron chi connectivity index (χ1n) is 7.77. The number of halogens is 1. The molecule has 1 aromatic rings. The molecule has 21 heavy (non-hydrogen) atoms. The molecule has 4 heteroatoms. The molecular weight excluding hydrogens is 284 g/mol. The fourth-order valence-corrected chi connectivity index (χ4v) is 2.69. The van der Waals surface area contributed by atoms with Gasteiger partial charge in [-0.15, -0.1) is 12.4 Å². The number of nitrogens with one attached hydrogen (secondary N) is 2. The fourth-order valence-electron chi connectivity index (χ4n) is 2.69. The van der Waals surface area contributed by atoms with E-state index < -0.39 is 0 Å². The van der Waals surface area contributed by atoms with E-state index >= 15 is 0 Å². The van der Waals surface area contributed by atoms with Gasteiger partial charge >= 0.3 is 0 Å². The maximum absolute atomic E-state index is 11.8. The quantitative estimate of drug-likeness (QED) is 0.848. The highest BCUT2D eigenvalue weighted by molar-refractivity contribution is 5.85. The number of benzene rings is 1. The minimum Gasteiger partial charge on any atom is -0.356 e. The topological polar surface area (TPSA) is 41.1 Å². The van der Waals surface area contributed by atoms with E-state index in [9.17, 15) is 4.79 Å². The van der Waals surface area contributed by atoms with Crippen molar-refractivity contribution >= 4 is 18.3 Å². The Hall–Kier alpha value is -1.06. The van der Waals surface area contributed by atoms with E-state index in [1.807, 2.05) is 0 Å².